The third-order valence-corrected chi connectivity index (χ3v) is 5.34. The van der Waals surface area contributed by atoms with E-state index in [-0.39, 0.29) is 6.03 Å². The average Bonchev–Trinajstić information content (AvgIpc) is 2.96. The Bertz CT molecular complexity index is 539. The number of carbonyl (C=O) groups is 1. The normalized spacial score (nSPS) is 24.3. The van der Waals surface area contributed by atoms with Crippen molar-refractivity contribution >= 4 is 6.03 Å². The minimum Gasteiger partial charge on any atom is -0.335 e. The van der Waals surface area contributed by atoms with Gasteiger partial charge in [0, 0.05) is 19.0 Å². The molecule has 1 aromatic heterocycles. The number of amides is 2. The van der Waals surface area contributed by atoms with Gasteiger partial charge in [-0.25, -0.2) is 4.79 Å². The molecule has 2 heterocycles. The third-order valence-electron chi connectivity index (χ3n) is 5.34. The standard InChI is InChI=1S/C17H29N5O/c1-12(2)13-7-3-4-8-14(13)19-17(23)18-11-16-21-20-15-9-5-6-10-22(15)16/h12-14H,3-11H2,1-2H3,(H2,18,19,23)/t13-,14-/m0/s1. The van der Waals surface area contributed by atoms with Gasteiger partial charge in [-0.15, -0.1) is 10.2 Å². The zero-order valence-electron chi connectivity index (χ0n) is 14.3. The molecule has 0 radical (unpaired) electrons. The molecule has 0 spiro atoms. The molecular formula is C17H29N5O. The Labute approximate surface area is 138 Å². The number of carbonyl (C=O) groups excluding carboxylic acids is 1. The van der Waals surface area contributed by atoms with E-state index >= 15 is 0 Å². The summed E-state index contributed by atoms with van der Waals surface area (Å²) in [6, 6.07) is 0.228. The Kier molecular flexibility index (Phi) is 5.18. The van der Waals surface area contributed by atoms with Gasteiger partial charge in [0.15, 0.2) is 5.82 Å². The van der Waals surface area contributed by atoms with Gasteiger partial charge in [0.05, 0.1) is 6.54 Å². The molecule has 1 fully saturated rings. The summed E-state index contributed by atoms with van der Waals surface area (Å²) in [6.07, 6.45) is 8.17. The number of hydrogen-bond acceptors (Lipinski definition) is 3. The van der Waals surface area contributed by atoms with Crippen LogP contribution in [-0.4, -0.2) is 26.8 Å². The number of nitrogens with zero attached hydrogens (tertiary/aromatic N) is 3. The summed E-state index contributed by atoms with van der Waals surface area (Å²) >= 11 is 0. The molecule has 0 unspecified atom stereocenters. The molecule has 0 bridgehead atoms. The van der Waals surface area contributed by atoms with E-state index < -0.39 is 0 Å². The molecule has 128 valence electrons. The molecule has 2 aliphatic rings. The predicted molar refractivity (Wildman–Crippen MR) is 88.9 cm³/mol. The molecule has 1 aromatic rings. The monoisotopic (exact) mass is 319 g/mol. The van der Waals surface area contributed by atoms with Gasteiger partial charge in [-0.1, -0.05) is 26.7 Å². The van der Waals surface area contributed by atoms with Gasteiger partial charge in [0.2, 0.25) is 0 Å². The van der Waals surface area contributed by atoms with Crippen molar-refractivity contribution in [2.75, 3.05) is 0 Å². The number of nitrogens with one attached hydrogen (secondary N) is 2. The van der Waals surface area contributed by atoms with E-state index in [1.54, 1.807) is 0 Å². The van der Waals surface area contributed by atoms with Crippen LogP contribution in [0.4, 0.5) is 4.79 Å². The van der Waals surface area contributed by atoms with Crippen molar-refractivity contribution in [3.63, 3.8) is 0 Å². The maximum Gasteiger partial charge on any atom is 0.315 e. The Hall–Kier alpha value is -1.59. The largest absolute Gasteiger partial charge is 0.335 e. The van der Waals surface area contributed by atoms with E-state index in [0.29, 0.717) is 24.4 Å². The van der Waals surface area contributed by atoms with Crippen LogP contribution >= 0.6 is 0 Å². The lowest BCUT2D eigenvalue weighted by atomic mass is 9.78. The van der Waals surface area contributed by atoms with Gasteiger partial charge < -0.3 is 15.2 Å². The van der Waals surface area contributed by atoms with Crippen LogP contribution < -0.4 is 10.6 Å². The molecule has 2 N–H and O–H groups in total. The third kappa shape index (κ3) is 3.85. The first-order valence-corrected chi connectivity index (χ1v) is 9.10. The number of rotatable bonds is 4. The Balaban J connectivity index is 1.52. The first-order chi connectivity index (χ1) is 11.1. The highest BCUT2D eigenvalue weighted by atomic mass is 16.2. The fraction of sp³-hybridized carbons (Fsp3) is 0.824. The lowest BCUT2D eigenvalue weighted by Crippen LogP contribution is -2.48. The van der Waals surface area contributed by atoms with Gasteiger partial charge in [0.25, 0.3) is 0 Å². The molecule has 0 aromatic carbocycles. The van der Waals surface area contributed by atoms with Crippen molar-refractivity contribution in [1.82, 2.24) is 25.4 Å². The second kappa shape index (κ2) is 7.32. The van der Waals surface area contributed by atoms with E-state index in [4.69, 9.17) is 0 Å². The quantitative estimate of drug-likeness (QED) is 0.896. The van der Waals surface area contributed by atoms with E-state index in [1.165, 1.54) is 32.1 Å². The first kappa shape index (κ1) is 16.3. The number of aromatic nitrogens is 3. The van der Waals surface area contributed by atoms with Gasteiger partial charge in [0.1, 0.15) is 5.82 Å². The Morgan fingerprint density at radius 1 is 1.22 bits per heavy atom. The van der Waals surface area contributed by atoms with E-state index in [9.17, 15) is 4.79 Å². The highest BCUT2D eigenvalue weighted by Gasteiger charge is 2.28. The highest BCUT2D eigenvalue weighted by Crippen LogP contribution is 2.30. The summed E-state index contributed by atoms with van der Waals surface area (Å²) in [5.74, 6) is 3.14. The summed E-state index contributed by atoms with van der Waals surface area (Å²) in [7, 11) is 0. The first-order valence-electron chi connectivity index (χ1n) is 9.10. The van der Waals surface area contributed by atoms with E-state index in [1.807, 2.05) is 0 Å². The van der Waals surface area contributed by atoms with Crippen LogP contribution in [0.5, 0.6) is 0 Å². The zero-order chi connectivity index (χ0) is 16.2. The number of aryl methyl sites for hydroxylation is 1. The zero-order valence-corrected chi connectivity index (χ0v) is 14.3. The summed E-state index contributed by atoms with van der Waals surface area (Å²) in [4.78, 5) is 12.3. The summed E-state index contributed by atoms with van der Waals surface area (Å²) in [5.41, 5.74) is 0. The minimum atomic E-state index is -0.0734. The SMILES string of the molecule is CC(C)[C@@H]1CCCC[C@@H]1NC(=O)NCc1nnc2n1CCCC2. The van der Waals surface area contributed by atoms with Crippen molar-refractivity contribution in [3.8, 4) is 0 Å². The van der Waals surface area contributed by atoms with Crippen LogP contribution in [0.1, 0.15) is 64.0 Å². The van der Waals surface area contributed by atoms with E-state index in [0.717, 1.165) is 31.0 Å². The predicted octanol–water partition coefficient (Wildman–Crippen LogP) is 2.63. The number of hydrogen-bond donors (Lipinski definition) is 2. The molecule has 6 nitrogen and oxygen atoms in total. The molecule has 6 heteroatoms. The highest BCUT2D eigenvalue weighted by molar-refractivity contribution is 5.74. The van der Waals surface area contributed by atoms with Gasteiger partial charge in [-0.05, 0) is 37.5 Å². The molecular weight excluding hydrogens is 290 g/mol. The second-order valence-corrected chi connectivity index (χ2v) is 7.27. The molecule has 1 saturated carbocycles. The van der Waals surface area contributed by atoms with Crippen LogP contribution in [0.3, 0.4) is 0 Å². The minimum absolute atomic E-state index is 0.0734. The van der Waals surface area contributed by atoms with Crippen molar-refractivity contribution in [2.24, 2.45) is 11.8 Å². The molecule has 3 rings (SSSR count). The average molecular weight is 319 g/mol. The molecule has 1 aliphatic carbocycles. The smallest absolute Gasteiger partial charge is 0.315 e. The molecule has 2 amide bonds. The molecule has 23 heavy (non-hydrogen) atoms. The molecule has 2 atom stereocenters. The van der Waals surface area contributed by atoms with Crippen molar-refractivity contribution in [1.29, 1.82) is 0 Å². The lowest BCUT2D eigenvalue weighted by molar-refractivity contribution is 0.194. The Morgan fingerprint density at radius 3 is 2.87 bits per heavy atom. The summed E-state index contributed by atoms with van der Waals surface area (Å²) < 4.78 is 2.15. The van der Waals surface area contributed by atoms with Crippen LogP contribution in [0.15, 0.2) is 0 Å². The maximum atomic E-state index is 12.3. The fourth-order valence-corrected chi connectivity index (χ4v) is 4.01. The fourth-order valence-electron chi connectivity index (χ4n) is 4.01. The van der Waals surface area contributed by atoms with Crippen molar-refractivity contribution in [3.05, 3.63) is 11.6 Å². The summed E-state index contributed by atoms with van der Waals surface area (Å²) in [5, 5.41) is 14.6. The topological polar surface area (TPSA) is 71.8 Å². The van der Waals surface area contributed by atoms with Crippen LogP contribution in [0.2, 0.25) is 0 Å². The lowest BCUT2D eigenvalue weighted by Gasteiger charge is -2.34. The van der Waals surface area contributed by atoms with E-state index in [2.05, 4.69) is 39.2 Å². The van der Waals surface area contributed by atoms with Gasteiger partial charge in [-0.2, -0.15) is 0 Å². The van der Waals surface area contributed by atoms with Crippen LogP contribution in [0.25, 0.3) is 0 Å². The van der Waals surface area contributed by atoms with Crippen molar-refractivity contribution in [2.45, 2.75) is 77.9 Å². The maximum absolute atomic E-state index is 12.3. The van der Waals surface area contributed by atoms with Gasteiger partial charge in [-0.3, -0.25) is 0 Å². The second-order valence-electron chi connectivity index (χ2n) is 7.27. The molecule has 1 aliphatic heterocycles. The van der Waals surface area contributed by atoms with Gasteiger partial charge >= 0.3 is 6.03 Å². The van der Waals surface area contributed by atoms with Crippen LogP contribution in [0, 0.1) is 11.8 Å². The Morgan fingerprint density at radius 2 is 2.04 bits per heavy atom. The van der Waals surface area contributed by atoms with Crippen molar-refractivity contribution < 1.29 is 4.79 Å². The summed E-state index contributed by atoms with van der Waals surface area (Å²) in [6.45, 7) is 5.94. The number of urea groups is 1. The van der Waals surface area contributed by atoms with Crippen LogP contribution in [-0.2, 0) is 19.5 Å². The molecule has 0 saturated heterocycles. The number of fused-ring (bicyclic) bond motifs is 1.